The molecular formula is C12H20N2O4. The number of likely N-dealkylation sites (tertiary alicyclic amines) is 2. The van der Waals surface area contributed by atoms with Crippen molar-refractivity contribution in [2.75, 3.05) is 19.6 Å². The third-order valence-corrected chi connectivity index (χ3v) is 3.76. The summed E-state index contributed by atoms with van der Waals surface area (Å²) in [5.74, 6) is -1.04. The molecular weight excluding hydrogens is 236 g/mol. The number of aliphatic hydroxyl groups is 1. The molecule has 0 radical (unpaired) electrons. The average molecular weight is 256 g/mol. The number of hydrogen-bond donors (Lipinski definition) is 2. The SMILES string of the molecule is CC1(C)CCN(C(=O)N2C[C@@H](O)C[C@H]2C(=O)O)C1. The van der Waals surface area contributed by atoms with E-state index >= 15 is 0 Å². The normalized spacial score (nSPS) is 30.8. The van der Waals surface area contributed by atoms with Gasteiger partial charge >= 0.3 is 12.0 Å². The standard InChI is InChI=1S/C12H20N2O4/c1-12(2)3-4-13(7-12)11(18)14-6-8(15)5-9(14)10(16)17/h8-9,15H,3-7H2,1-2H3,(H,16,17)/t8-,9-/m0/s1. The van der Waals surface area contributed by atoms with Gasteiger partial charge in [-0.2, -0.15) is 0 Å². The molecule has 2 amide bonds. The number of urea groups is 1. The number of amides is 2. The smallest absolute Gasteiger partial charge is 0.326 e. The maximum Gasteiger partial charge on any atom is 0.326 e. The molecule has 6 nitrogen and oxygen atoms in total. The fraction of sp³-hybridized carbons (Fsp3) is 0.833. The van der Waals surface area contributed by atoms with Gasteiger partial charge in [0, 0.05) is 26.1 Å². The van der Waals surface area contributed by atoms with Crippen molar-refractivity contribution in [2.45, 2.75) is 38.8 Å². The minimum atomic E-state index is -1.04. The second-order valence-electron chi connectivity index (χ2n) is 6.01. The lowest BCUT2D eigenvalue weighted by atomic mass is 9.93. The highest BCUT2D eigenvalue weighted by atomic mass is 16.4. The summed E-state index contributed by atoms with van der Waals surface area (Å²) in [6.07, 6.45) is 0.316. The van der Waals surface area contributed by atoms with Crippen LogP contribution in [0, 0.1) is 5.41 Å². The summed E-state index contributed by atoms with van der Waals surface area (Å²) >= 11 is 0. The molecule has 6 heteroatoms. The second-order valence-corrected chi connectivity index (χ2v) is 6.01. The summed E-state index contributed by atoms with van der Waals surface area (Å²) in [6.45, 7) is 5.60. The van der Waals surface area contributed by atoms with Gasteiger partial charge in [-0.15, -0.1) is 0 Å². The van der Waals surface area contributed by atoms with Gasteiger partial charge in [0.25, 0.3) is 0 Å². The molecule has 0 aromatic rings. The number of aliphatic carboxylic acids is 1. The molecule has 2 N–H and O–H groups in total. The number of carbonyl (C=O) groups excluding carboxylic acids is 1. The van der Waals surface area contributed by atoms with E-state index in [2.05, 4.69) is 13.8 Å². The first-order chi connectivity index (χ1) is 8.30. The van der Waals surface area contributed by atoms with Gasteiger partial charge < -0.3 is 20.0 Å². The van der Waals surface area contributed by atoms with Crippen LogP contribution in [0.2, 0.25) is 0 Å². The summed E-state index contributed by atoms with van der Waals surface area (Å²) in [6, 6.07) is -1.15. The first-order valence-electron chi connectivity index (χ1n) is 6.26. The van der Waals surface area contributed by atoms with E-state index in [1.807, 2.05) is 0 Å². The highest BCUT2D eigenvalue weighted by molar-refractivity contribution is 5.83. The molecule has 2 fully saturated rings. The third kappa shape index (κ3) is 2.43. The van der Waals surface area contributed by atoms with Crippen LogP contribution in [0.25, 0.3) is 0 Å². The van der Waals surface area contributed by atoms with E-state index in [0.29, 0.717) is 13.1 Å². The summed E-state index contributed by atoms with van der Waals surface area (Å²) in [4.78, 5) is 26.3. The van der Waals surface area contributed by atoms with Crippen LogP contribution in [0.3, 0.4) is 0 Å². The molecule has 0 aromatic carbocycles. The van der Waals surface area contributed by atoms with Crippen molar-refractivity contribution >= 4 is 12.0 Å². The minimum Gasteiger partial charge on any atom is -0.480 e. The van der Waals surface area contributed by atoms with Crippen LogP contribution >= 0.6 is 0 Å². The highest BCUT2D eigenvalue weighted by Gasteiger charge is 2.42. The Bertz CT molecular complexity index is 369. The van der Waals surface area contributed by atoms with Crippen molar-refractivity contribution < 1.29 is 19.8 Å². The topological polar surface area (TPSA) is 81.1 Å². The summed E-state index contributed by atoms with van der Waals surface area (Å²) in [5, 5.41) is 18.6. The number of carboxylic acid groups (broad SMARTS) is 1. The van der Waals surface area contributed by atoms with Crippen molar-refractivity contribution in [3.8, 4) is 0 Å². The predicted molar refractivity (Wildman–Crippen MR) is 64.1 cm³/mol. The zero-order valence-electron chi connectivity index (χ0n) is 10.8. The maximum atomic E-state index is 12.3. The molecule has 0 unspecified atom stereocenters. The Kier molecular flexibility index (Phi) is 3.23. The highest BCUT2D eigenvalue weighted by Crippen LogP contribution is 2.30. The minimum absolute atomic E-state index is 0.0900. The molecule has 18 heavy (non-hydrogen) atoms. The monoisotopic (exact) mass is 256 g/mol. The largest absolute Gasteiger partial charge is 0.480 e. The van der Waals surface area contributed by atoms with E-state index in [0.717, 1.165) is 6.42 Å². The van der Waals surface area contributed by atoms with Crippen LogP contribution in [0.1, 0.15) is 26.7 Å². The van der Waals surface area contributed by atoms with Gasteiger partial charge in [-0.05, 0) is 11.8 Å². The third-order valence-electron chi connectivity index (χ3n) is 3.76. The molecule has 2 atom stereocenters. The van der Waals surface area contributed by atoms with Crippen molar-refractivity contribution in [2.24, 2.45) is 5.41 Å². The van der Waals surface area contributed by atoms with Gasteiger partial charge in [0.2, 0.25) is 0 Å². The molecule has 0 saturated carbocycles. The van der Waals surface area contributed by atoms with Gasteiger partial charge in [-0.1, -0.05) is 13.8 Å². The Morgan fingerprint density at radius 1 is 1.33 bits per heavy atom. The predicted octanol–water partition coefficient (Wildman–Crippen LogP) is 0.358. The summed E-state index contributed by atoms with van der Waals surface area (Å²) in [7, 11) is 0. The molecule has 2 aliphatic heterocycles. The number of β-amino-alcohol motifs (C(OH)–C–C–N with tert-alkyl or cyclic N) is 1. The maximum absolute atomic E-state index is 12.3. The Balaban J connectivity index is 2.07. The quantitative estimate of drug-likeness (QED) is 0.709. The van der Waals surface area contributed by atoms with Gasteiger partial charge in [0.05, 0.1) is 6.10 Å². The van der Waals surface area contributed by atoms with E-state index in [9.17, 15) is 14.7 Å². The van der Waals surface area contributed by atoms with Crippen molar-refractivity contribution in [3.63, 3.8) is 0 Å². The number of carboxylic acids is 1. The van der Waals surface area contributed by atoms with E-state index in [1.165, 1.54) is 4.90 Å². The van der Waals surface area contributed by atoms with Crippen LogP contribution in [-0.4, -0.2) is 63.8 Å². The Morgan fingerprint density at radius 2 is 2.00 bits per heavy atom. The molecule has 2 aliphatic rings. The number of hydrogen-bond acceptors (Lipinski definition) is 3. The second kappa shape index (κ2) is 4.42. The van der Waals surface area contributed by atoms with Crippen molar-refractivity contribution in [3.05, 3.63) is 0 Å². The fourth-order valence-corrected chi connectivity index (χ4v) is 2.72. The van der Waals surface area contributed by atoms with E-state index in [-0.39, 0.29) is 24.4 Å². The first-order valence-corrected chi connectivity index (χ1v) is 6.26. The fourth-order valence-electron chi connectivity index (χ4n) is 2.72. The van der Waals surface area contributed by atoms with Crippen molar-refractivity contribution in [1.82, 2.24) is 9.80 Å². The van der Waals surface area contributed by atoms with Crippen LogP contribution in [0.4, 0.5) is 4.79 Å². The lowest BCUT2D eigenvalue weighted by molar-refractivity contribution is -0.141. The Labute approximate surface area is 106 Å². The lowest BCUT2D eigenvalue weighted by Gasteiger charge is -2.28. The molecule has 0 aliphatic carbocycles. The molecule has 2 saturated heterocycles. The van der Waals surface area contributed by atoms with Gasteiger partial charge in [-0.25, -0.2) is 9.59 Å². The summed E-state index contributed by atoms with van der Waals surface area (Å²) in [5.41, 5.74) is 0.0900. The zero-order chi connectivity index (χ0) is 13.5. The average Bonchev–Trinajstić information content (AvgIpc) is 2.80. The van der Waals surface area contributed by atoms with Gasteiger partial charge in [0.15, 0.2) is 0 Å². The Morgan fingerprint density at radius 3 is 2.50 bits per heavy atom. The van der Waals surface area contributed by atoms with Crippen LogP contribution in [-0.2, 0) is 4.79 Å². The molecule has 2 rings (SSSR count). The van der Waals surface area contributed by atoms with Crippen molar-refractivity contribution in [1.29, 1.82) is 0 Å². The van der Waals surface area contributed by atoms with Crippen LogP contribution in [0.15, 0.2) is 0 Å². The van der Waals surface area contributed by atoms with Gasteiger partial charge in [-0.3, -0.25) is 0 Å². The molecule has 0 bridgehead atoms. The molecule has 0 spiro atoms. The van der Waals surface area contributed by atoms with E-state index < -0.39 is 18.1 Å². The lowest BCUT2D eigenvalue weighted by Crippen LogP contribution is -2.47. The van der Waals surface area contributed by atoms with E-state index in [4.69, 9.17) is 5.11 Å². The molecule has 0 aromatic heterocycles. The number of aliphatic hydroxyl groups excluding tert-OH is 1. The van der Waals surface area contributed by atoms with Gasteiger partial charge in [0.1, 0.15) is 6.04 Å². The number of carbonyl (C=O) groups is 2. The number of rotatable bonds is 1. The summed E-state index contributed by atoms with van der Waals surface area (Å²) < 4.78 is 0. The van der Waals surface area contributed by atoms with Crippen LogP contribution in [0.5, 0.6) is 0 Å². The van der Waals surface area contributed by atoms with Crippen LogP contribution < -0.4 is 0 Å². The molecule has 102 valence electrons. The zero-order valence-corrected chi connectivity index (χ0v) is 10.8. The number of nitrogens with zero attached hydrogens (tertiary/aromatic N) is 2. The first kappa shape index (κ1) is 13.1. The Hall–Kier alpha value is -1.30. The van der Waals surface area contributed by atoms with E-state index in [1.54, 1.807) is 4.90 Å². The molecule has 2 heterocycles.